The maximum Gasteiger partial charge on any atom is 0.511 e. The number of hydrogen-bond donors (Lipinski definition) is 4. The Labute approximate surface area is 179 Å². The third-order valence-corrected chi connectivity index (χ3v) is 6.56. The fourth-order valence-corrected chi connectivity index (χ4v) is 5.11. The fraction of sp³-hybridized carbons (Fsp3) is 0.429. The van der Waals surface area contributed by atoms with Crippen LogP contribution in [0, 0.1) is 11.8 Å². The van der Waals surface area contributed by atoms with Gasteiger partial charge in [0.15, 0.2) is 5.75 Å². The van der Waals surface area contributed by atoms with E-state index in [4.69, 9.17) is 5.11 Å². The minimum Gasteiger partial charge on any atom is -0.504 e. The Kier molecular flexibility index (Phi) is 5.15. The average Bonchev–Trinajstić information content (AvgIpc) is 3.24. The molecule has 2 fully saturated rings. The van der Waals surface area contributed by atoms with E-state index in [0.717, 1.165) is 48.9 Å². The van der Waals surface area contributed by atoms with E-state index in [1.165, 1.54) is 5.69 Å². The molecule has 3 aliphatic rings. The Morgan fingerprint density at radius 1 is 1.27 bits per heavy atom. The molecule has 1 saturated carbocycles. The van der Waals surface area contributed by atoms with E-state index < -0.39 is 17.5 Å². The van der Waals surface area contributed by atoms with Gasteiger partial charge in [-0.1, -0.05) is 6.07 Å². The van der Waals surface area contributed by atoms with Gasteiger partial charge in [0, 0.05) is 35.9 Å². The van der Waals surface area contributed by atoms with Crippen molar-refractivity contribution in [1.82, 2.24) is 10.3 Å². The number of aromatic amines is 1. The van der Waals surface area contributed by atoms with E-state index in [-0.39, 0.29) is 18.2 Å². The highest BCUT2D eigenvalue weighted by Crippen LogP contribution is 2.47. The van der Waals surface area contributed by atoms with E-state index in [1.807, 2.05) is 13.1 Å². The predicted octanol–water partition coefficient (Wildman–Crippen LogP) is 2.37. The molecule has 2 heterocycles. The highest BCUT2D eigenvalue weighted by molar-refractivity contribution is 5.85. The van der Waals surface area contributed by atoms with Gasteiger partial charge in [-0.25, -0.2) is 4.79 Å². The van der Waals surface area contributed by atoms with Gasteiger partial charge in [-0.05, 0) is 55.8 Å². The Balaban J connectivity index is 0.00000218. The molecule has 0 bridgehead atoms. The van der Waals surface area contributed by atoms with Crippen LogP contribution in [-0.2, 0) is 12.8 Å². The number of nitrogens with zero attached hydrogens (tertiary/aromatic N) is 1. The van der Waals surface area contributed by atoms with Crippen LogP contribution in [0.25, 0.3) is 11.3 Å². The number of aromatic hydroxyl groups is 1. The smallest absolute Gasteiger partial charge is 0.504 e. The molecule has 5 rings (SSSR count). The van der Waals surface area contributed by atoms with Crippen molar-refractivity contribution in [2.75, 3.05) is 25.0 Å². The van der Waals surface area contributed by atoms with Gasteiger partial charge < -0.3 is 30.2 Å². The van der Waals surface area contributed by atoms with Gasteiger partial charge in [0.05, 0.1) is 5.69 Å². The minimum atomic E-state index is -1.63. The minimum absolute atomic E-state index is 0. The van der Waals surface area contributed by atoms with Gasteiger partial charge in [-0.15, -0.1) is 12.4 Å². The maximum atomic E-state index is 12.3. The van der Waals surface area contributed by atoms with Crippen molar-refractivity contribution in [3.63, 3.8) is 0 Å². The number of pyridine rings is 1. The van der Waals surface area contributed by atoms with Crippen molar-refractivity contribution in [1.29, 1.82) is 0 Å². The molecule has 1 aromatic heterocycles. The number of carbonyl (C=O) groups is 1. The topological polar surface area (TPSA) is 115 Å². The summed E-state index contributed by atoms with van der Waals surface area (Å²) in [5.74, 6) is 0.494. The summed E-state index contributed by atoms with van der Waals surface area (Å²) >= 11 is 0. The number of ether oxygens (including phenoxy) is 1. The van der Waals surface area contributed by atoms with Crippen LogP contribution in [0.5, 0.6) is 11.5 Å². The molecule has 3 atom stereocenters. The number of piperidine rings is 1. The molecular weight excluding hydrogens is 410 g/mol. The number of hydrogen-bond acceptors (Lipinski definition) is 6. The molecule has 0 unspecified atom stereocenters. The van der Waals surface area contributed by atoms with E-state index in [1.54, 1.807) is 0 Å². The van der Waals surface area contributed by atoms with E-state index >= 15 is 0 Å². The van der Waals surface area contributed by atoms with Crippen molar-refractivity contribution in [3.05, 3.63) is 39.7 Å². The van der Waals surface area contributed by atoms with Crippen LogP contribution in [0.1, 0.15) is 17.5 Å². The molecule has 9 heteroatoms. The number of rotatable bonds is 3. The number of anilines is 1. The summed E-state index contributed by atoms with van der Waals surface area (Å²) in [4.78, 5) is 28.3. The lowest BCUT2D eigenvalue weighted by Gasteiger charge is -2.23. The average molecular weight is 434 g/mol. The SMILES string of the molecule is CN[C@H]1[C@@H]2CN(c3ccc4c(c3)CCCc3c-4[nH]c(=O)c(OC(=O)O)c3O)C[C@@H]21.Cl. The van der Waals surface area contributed by atoms with Gasteiger partial charge in [-0.2, -0.15) is 0 Å². The highest BCUT2D eigenvalue weighted by Gasteiger charge is 2.54. The van der Waals surface area contributed by atoms with Crippen LogP contribution in [0.3, 0.4) is 0 Å². The van der Waals surface area contributed by atoms with Crippen molar-refractivity contribution in [2.24, 2.45) is 11.8 Å². The highest BCUT2D eigenvalue weighted by atomic mass is 35.5. The first-order valence-corrected chi connectivity index (χ1v) is 9.92. The molecule has 1 aliphatic heterocycles. The van der Waals surface area contributed by atoms with Crippen LogP contribution >= 0.6 is 12.4 Å². The fourth-order valence-electron chi connectivity index (χ4n) is 5.11. The first-order valence-electron chi connectivity index (χ1n) is 9.92. The molecule has 0 spiro atoms. The number of fused-ring (bicyclic) bond motifs is 4. The number of halogens is 1. The molecule has 1 saturated heterocycles. The molecule has 1 aromatic carbocycles. The molecule has 8 nitrogen and oxygen atoms in total. The van der Waals surface area contributed by atoms with E-state index in [2.05, 4.69) is 32.1 Å². The second-order valence-corrected chi connectivity index (χ2v) is 8.10. The molecule has 0 amide bonds. The van der Waals surface area contributed by atoms with Crippen LogP contribution in [0.4, 0.5) is 10.5 Å². The van der Waals surface area contributed by atoms with Crippen LogP contribution in [0.15, 0.2) is 23.0 Å². The number of H-pyrrole nitrogens is 1. The summed E-state index contributed by atoms with van der Waals surface area (Å²) in [6.07, 6.45) is 0.487. The van der Waals surface area contributed by atoms with Gasteiger partial charge >= 0.3 is 6.16 Å². The molecular formula is C21H24ClN3O5. The summed E-state index contributed by atoms with van der Waals surface area (Å²) < 4.78 is 4.50. The Morgan fingerprint density at radius 3 is 2.67 bits per heavy atom. The van der Waals surface area contributed by atoms with Crippen LogP contribution in [-0.4, -0.2) is 47.5 Å². The first kappa shape index (κ1) is 20.6. The zero-order valence-electron chi connectivity index (χ0n) is 16.5. The number of carboxylic acid groups (broad SMARTS) is 1. The number of aryl methyl sites for hydroxylation is 1. The third kappa shape index (κ3) is 3.20. The summed E-state index contributed by atoms with van der Waals surface area (Å²) in [7, 11) is 2.02. The number of aromatic nitrogens is 1. The van der Waals surface area contributed by atoms with Crippen LogP contribution in [0.2, 0.25) is 0 Å². The zero-order valence-corrected chi connectivity index (χ0v) is 17.3. The lowest BCUT2D eigenvalue weighted by Crippen LogP contribution is -2.29. The summed E-state index contributed by atoms with van der Waals surface area (Å²) in [6, 6.07) is 6.88. The van der Waals surface area contributed by atoms with Gasteiger partial charge in [-0.3, -0.25) is 4.79 Å². The Bertz CT molecular complexity index is 1060. The predicted molar refractivity (Wildman–Crippen MR) is 114 cm³/mol. The quantitative estimate of drug-likeness (QED) is 0.549. The lowest BCUT2D eigenvalue weighted by atomic mass is 10.00. The Morgan fingerprint density at radius 2 is 2.00 bits per heavy atom. The van der Waals surface area contributed by atoms with Gasteiger partial charge in [0.2, 0.25) is 5.75 Å². The zero-order chi connectivity index (χ0) is 20.3. The number of nitrogens with one attached hydrogen (secondary N) is 2. The maximum absolute atomic E-state index is 12.3. The van der Waals surface area contributed by atoms with Crippen molar-refractivity contribution in [2.45, 2.75) is 25.3 Å². The van der Waals surface area contributed by atoms with Gasteiger partial charge in [0.1, 0.15) is 0 Å². The molecule has 30 heavy (non-hydrogen) atoms. The molecule has 160 valence electrons. The lowest BCUT2D eigenvalue weighted by molar-refractivity contribution is 0.142. The standard InChI is InChI=1S/C21H23N3O5.ClH/c1-22-16-14-8-24(9-15(14)16)11-5-6-12-10(7-11)3-2-4-13-17(12)23-20(26)19(18(13)25)29-21(27)28;/h5-7,14-16,22H,2-4,8-9H2,1H3,(H,27,28)(H2,23,25,26);1H/t14-,15+,16+;. The number of benzene rings is 1. The summed E-state index contributed by atoms with van der Waals surface area (Å²) in [6.45, 7) is 2.11. The Hall–Kier alpha value is -2.71. The first-order chi connectivity index (χ1) is 14.0. The molecule has 4 N–H and O–H groups in total. The second kappa shape index (κ2) is 7.52. The van der Waals surface area contributed by atoms with E-state index in [0.29, 0.717) is 23.7 Å². The van der Waals surface area contributed by atoms with Crippen LogP contribution < -0.4 is 20.5 Å². The van der Waals surface area contributed by atoms with E-state index in [9.17, 15) is 14.7 Å². The summed E-state index contributed by atoms with van der Waals surface area (Å²) in [5.41, 5.74) is 3.49. The van der Waals surface area contributed by atoms with Crippen molar-refractivity contribution >= 4 is 24.2 Å². The second-order valence-electron chi connectivity index (χ2n) is 8.10. The van der Waals surface area contributed by atoms with Crippen molar-refractivity contribution in [3.8, 4) is 22.8 Å². The van der Waals surface area contributed by atoms with Gasteiger partial charge in [0.25, 0.3) is 5.56 Å². The normalized spacial score (nSPS) is 23.5. The molecule has 0 radical (unpaired) electrons. The molecule has 2 aromatic rings. The molecule has 2 aliphatic carbocycles. The monoisotopic (exact) mass is 433 g/mol. The largest absolute Gasteiger partial charge is 0.511 e. The third-order valence-electron chi connectivity index (χ3n) is 6.56. The summed E-state index contributed by atoms with van der Waals surface area (Å²) in [5, 5.41) is 22.7. The van der Waals surface area contributed by atoms with Crippen molar-refractivity contribution < 1.29 is 19.7 Å².